The van der Waals surface area contributed by atoms with Gasteiger partial charge in [0.2, 0.25) is 0 Å². The Balaban J connectivity index is 1.94. The molecule has 0 amide bonds. The number of hydrogen-bond donors (Lipinski definition) is 0. The average Bonchev–Trinajstić information content (AvgIpc) is 2.68. The third-order valence-electron chi connectivity index (χ3n) is 5.16. The van der Waals surface area contributed by atoms with Crippen molar-refractivity contribution in [1.29, 1.82) is 0 Å². The molecule has 0 N–H and O–H groups in total. The molecule has 1 aromatic rings. The quantitative estimate of drug-likeness (QED) is 0.786. The highest BCUT2D eigenvalue weighted by atomic mass is 19.1. The van der Waals surface area contributed by atoms with Gasteiger partial charge in [-0.25, -0.2) is 4.39 Å². The van der Waals surface area contributed by atoms with Crippen LogP contribution in [0, 0.1) is 5.82 Å². The molecule has 0 bridgehead atoms. The standard InChI is InChI=1S/C17H24BFO3/c1-16(2)17(3,4)22-18(21-16)15-8-7-13(19)10-14(15)12-6-5-9-20-11-12/h7-8,10,12H,5-6,9,11H2,1-4H3. The van der Waals surface area contributed by atoms with Crippen LogP contribution < -0.4 is 5.46 Å². The molecule has 2 saturated heterocycles. The van der Waals surface area contributed by atoms with E-state index in [0.717, 1.165) is 30.5 Å². The highest BCUT2D eigenvalue weighted by molar-refractivity contribution is 6.62. The Morgan fingerprint density at radius 1 is 1.14 bits per heavy atom. The van der Waals surface area contributed by atoms with Crippen molar-refractivity contribution < 1.29 is 18.4 Å². The molecule has 0 saturated carbocycles. The van der Waals surface area contributed by atoms with E-state index in [1.165, 1.54) is 6.07 Å². The molecule has 2 fully saturated rings. The third-order valence-corrected chi connectivity index (χ3v) is 5.16. The largest absolute Gasteiger partial charge is 0.495 e. The van der Waals surface area contributed by atoms with Gasteiger partial charge in [0.05, 0.1) is 17.8 Å². The molecule has 22 heavy (non-hydrogen) atoms. The molecule has 0 aromatic heterocycles. The van der Waals surface area contributed by atoms with E-state index in [0.29, 0.717) is 6.61 Å². The first kappa shape index (κ1) is 16.0. The maximum atomic E-state index is 13.8. The number of halogens is 1. The topological polar surface area (TPSA) is 27.7 Å². The Bertz CT molecular complexity index is 537. The van der Waals surface area contributed by atoms with E-state index in [4.69, 9.17) is 14.0 Å². The zero-order valence-electron chi connectivity index (χ0n) is 13.8. The second kappa shape index (κ2) is 5.62. The molecule has 0 aliphatic carbocycles. The van der Waals surface area contributed by atoms with E-state index in [-0.39, 0.29) is 11.7 Å². The van der Waals surface area contributed by atoms with Gasteiger partial charge >= 0.3 is 7.12 Å². The smallest absolute Gasteiger partial charge is 0.399 e. The summed E-state index contributed by atoms with van der Waals surface area (Å²) in [6, 6.07) is 4.88. The van der Waals surface area contributed by atoms with Gasteiger partial charge in [-0.05, 0) is 63.7 Å². The second-order valence-corrected chi connectivity index (χ2v) is 7.28. The summed E-state index contributed by atoms with van der Waals surface area (Å²) in [5.74, 6) is -0.0145. The normalized spacial score (nSPS) is 27.1. The molecule has 0 radical (unpaired) electrons. The van der Waals surface area contributed by atoms with Gasteiger partial charge in [0.25, 0.3) is 0 Å². The Morgan fingerprint density at radius 2 is 1.82 bits per heavy atom. The molecule has 2 heterocycles. The van der Waals surface area contributed by atoms with E-state index in [1.807, 2.05) is 27.7 Å². The van der Waals surface area contributed by atoms with E-state index in [1.54, 1.807) is 12.1 Å². The molecular formula is C17H24BFO3. The fourth-order valence-corrected chi connectivity index (χ4v) is 3.07. The average molecular weight is 306 g/mol. The maximum Gasteiger partial charge on any atom is 0.495 e. The SMILES string of the molecule is CC1(C)OB(c2ccc(F)cc2C2CCCOC2)OC1(C)C. The lowest BCUT2D eigenvalue weighted by atomic mass is 9.72. The molecule has 0 spiro atoms. The van der Waals surface area contributed by atoms with Crippen LogP contribution in [-0.4, -0.2) is 31.5 Å². The molecule has 2 aliphatic rings. The zero-order chi connectivity index (χ0) is 16.0. The Hall–Kier alpha value is -0.905. The van der Waals surface area contributed by atoms with Crippen LogP contribution in [0.2, 0.25) is 0 Å². The molecule has 5 heteroatoms. The number of hydrogen-bond acceptors (Lipinski definition) is 3. The molecule has 120 valence electrons. The van der Waals surface area contributed by atoms with Crippen LogP contribution in [-0.2, 0) is 14.0 Å². The van der Waals surface area contributed by atoms with Crippen LogP contribution in [0.4, 0.5) is 4.39 Å². The first-order chi connectivity index (χ1) is 10.3. The highest BCUT2D eigenvalue weighted by Gasteiger charge is 2.52. The zero-order valence-corrected chi connectivity index (χ0v) is 13.8. The van der Waals surface area contributed by atoms with E-state index in [2.05, 4.69) is 0 Å². The van der Waals surface area contributed by atoms with Gasteiger partial charge in [-0.1, -0.05) is 6.07 Å². The summed E-state index contributed by atoms with van der Waals surface area (Å²) in [7, 11) is -0.456. The lowest BCUT2D eigenvalue weighted by Gasteiger charge is -2.32. The van der Waals surface area contributed by atoms with Gasteiger partial charge in [-0.15, -0.1) is 0 Å². The van der Waals surface area contributed by atoms with Gasteiger partial charge in [0.15, 0.2) is 0 Å². The predicted octanol–water partition coefficient (Wildman–Crippen LogP) is 3.02. The summed E-state index contributed by atoms with van der Waals surface area (Å²) < 4.78 is 31.6. The number of benzene rings is 1. The van der Waals surface area contributed by atoms with Gasteiger partial charge in [-0.3, -0.25) is 0 Å². The van der Waals surface area contributed by atoms with Crippen LogP contribution >= 0.6 is 0 Å². The van der Waals surface area contributed by atoms with Crippen molar-refractivity contribution in [3.63, 3.8) is 0 Å². The number of rotatable bonds is 2. The Morgan fingerprint density at radius 3 is 2.41 bits per heavy atom. The van der Waals surface area contributed by atoms with E-state index in [9.17, 15) is 4.39 Å². The first-order valence-electron chi connectivity index (χ1n) is 8.03. The van der Waals surface area contributed by atoms with Crippen molar-refractivity contribution in [2.24, 2.45) is 0 Å². The maximum absolute atomic E-state index is 13.8. The summed E-state index contributed by atoms with van der Waals surface area (Å²) in [5.41, 5.74) is 1.09. The Kier molecular flexibility index (Phi) is 4.08. The third kappa shape index (κ3) is 2.82. The minimum atomic E-state index is -0.456. The van der Waals surface area contributed by atoms with Crippen molar-refractivity contribution in [1.82, 2.24) is 0 Å². The minimum Gasteiger partial charge on any atom is -0.399 e. The number of ether oxygens (including phenoxy) is 1. The molecule has 1 aromatic carbocycles. The van der Waals surface area contributed by atoms with Crippen LogP contribution in [0.1, 0.15) is 52.0 Å². The highest BCUT2D eigenvalue weighted by Crippen LogP contribution is 2.37. The van der Waals surface area contributed by atoms with Crippen molar-refractivity contribution in [3.05, 3.63) is 29.6 Å². The van der Waals surface area contributed by atoms with Crippen LogP contribution in [0.25, 0.3) is 0 Å². The summed E-state index contributed by atoms with van der Waals surface area (Å²) in [6.45, 7) is 9.53. The van der Waals surface area contributed by atoms with E-state index >= 15 is 0 Å². The van der Waals surface area contributed by atoms with Crippen molar-refractivity contribution >= 4 is 12.6 Å². The van der Waals surface area contributed by atoms with Crippen molar-refractivity contribution in [2.45, 2.75) is 57.7 Å². The summed E-state index contributed by atoms with van der Waals surface area (Å²) in [4.78, 5) is 0. The van der Waals surface area contributed by atoms with Crippen LogP contribution in [0.5, 0.6) is 0 Å². The molecule has 3 rings (SSSR count). The molecular weight excluding hydrogens is 282 g/mol. The predicted molar refractivity (Wildman–Crippen MR) is 84.9 cm³/mol. The monoisotopic (exact) mass is 306 g/mol. The molecule has 1 atom stereocenters. The van der Waals surface area contributed by atoms with Crippen LogP contribution in [0.3, 0.4) is 0 Å². The fraction of sp³-hybridized carbons (Fsp3) is 0.647. The first-order valence-corrected chi connectivity index (χ1v) is 8.03. The summed E-state index contributed by atoms with van der Waals surface area (Å²) in [6.07, 6.45) is 2.01. The van der Waals surface area contributed by atoms with Gasteiger partial charge < -0.3 is 14.0 Å². The second-order valence-electron chi connectivity index (χ2n) is 7.28. The van der Waals surface area contributed by atoms with Crippen molar-refractivity contribution in [2.75, 3.05) is 13.2 Å². The lowest BCUT2D eigenvalue weighted by molar-refractivity contribution is 0.00578. The van der Waals surface area contributed by atoms with E-state index < -0.39 is 18.3 Å². The molecule has 2 aliphatic heterocycles. The fourth-order valence-electron chi connectivity index (χ4n) is 3.07. The summed E-state index contributed by atoms with van der Waals surface area (Å²) in [5, 5.41) is 0. The lowest BCUT2D eigenvalue weighted by Crippen LogP contribution is -2.41. The summed E-state index contributed by atoms with van der Waals surface area (Å²) >= 11 is 0. The molecule has 1 unspecified atom stereocenters. The van der Waals surface area contributed by atoms with Gasteiger partial charge in [0, 0.05) is 12.5 Å². The molecule has 3 nitrogen and oxygen atoms in total. The Labute approximate surface area is 132 Å². The van der Waals surface area contributed by atoms with Crippen LogP contribution in [0.15, 0.2) is 18.2 Å². The van der Waals surface area contributed by atoms with Gasteiger partial charge in [-0.2, -0.15) is 0 Å². The minimum absolute atomic E-state index is 0.207. The van der Waals surface area contributed by atoms with Crippen molar-refractivity contribution in [3.8, 4) is 0 Å². The van der Waals surface area contributed by atoms with Gasteiger partial charge in [0.1, 0.15) is 5.82 Å².